The maximum Gasteiger partial charge on any atom is 0.335 e. The SMILES string of the molecule is [2H]/C(=C\C(=O)C(O)[C@H]1OC(OC2C(=O)OCCC2C)[C@H](O)[C@@H](O)[C@@H]1O)c1ccc(O)c(O)c1. The number of ether oxygens (including phenoxy) is 3. The molecule has 2 saturated heterocycles. The Kier molecular flexibility index (Phi) is 7.04. The Hall–Kier alpha value is -2.54. The fourth-order valence-electron chi connectivity index (χ4n) is 3.41. The second-order valence-corrected chi connectivity index (χ2v) is 7.77. The molecule has 0 amide bonds. The number of cyclic esters (lactones) is 1. The summed E-state index contributed by atoms with van der Waals surface area (Å²) in [6, 6.07) is 2.98. The molecule has 2 aliphatic heterocycles. The molecule has 176 valence electrons. The van der Waals surface area contributed by atoms with Gasteiger partial charge in [0.25, 0.3) is 0 Å². The van der Waals surface area contributed by atoms with E-state index in [-0.39, 0.29) is 18.1 Å². The van der Waals surface area contributed by atoms with Gasteiger partial charge in [-0.3, -0.25) is 4.79 Å². The van der Waals surface area contributed by atoms with Gasteiger partial charge in [0.2, 0.25) is 0 Å². The van der Waals surface area contributed by atoms with E-state index in [0.717, 1.165) is 12.1 Å². The van der Waals surface area contributed by atoms with Crippen molar-refractivity contribution in [2.45, 2.75) is 56.3 Å². The average Bonchev–Trinajstić information content (AvgIpc) is 2.77. The number of carbonyl (C=O) groups is 2. The minimum Gasteiger partial charge on any atom is -0.504 e. The summed E-state index contributed by atoms with van der Waals surface area (Å²) in [5.74, 6) is -3.02. The summed E-state index contributed by atoms with van der Waals surface area (Å²) in [5, 5.41) is 60.0. The highest BCUT2D eigenvalue weighted by Crippen LogP contribution is 2.29. The summed E-state index contributed by atoms with van der Waals surface area (Å²) in [7, 11) is 0. The monoisotopic (exact) mass is 455 g/mol. The summed E-state index contributed by atoms with van der Waals surface area (Å²) in [5.41, 5.74) is 0.0532. The first kappa shape index (κ1) is 22.6. The fourth-order valence-corrected chi connectivity index (χ4v) is 3.41. The van der Waals surface area contributed by atoms with E-state index in [4.69, 9.17) is 15.6 Å². The van der Waals surface area contributed by atoms with Crippen LogP contribution in [0.3, 0.4) is 0 Å². The van der Waals surface area contributed by atoms with Crippen molar-refractivity contribution in [3.63, 3.8) is 0 Å². The summed E-state index contributed by atoms with van der Waals surface area (Å²) in [6.07, 6.45) is -11.0. The molecule has 1 aromatic rings. The lowest BCUT2D eigenvalue weighted by Crippen LogP contribution is -2.63. The van der Waals surface area contributed by atoms with Gasteiger partial charge in [0.15, 0.2) is 29.7 Å². The van der Waals surface area contributed by atoms with Gasteiger partial charge in [0, 0.05) is 0 Å². The van der Waals surface area contributed by atoms with Crippen LogP contribution >= 0.6 is 0 Å². The van der Waals surface area contributed by atoms with E-state index in [0.29, 0.717) is 12.5 Å². The first-order valence-corrected chi connectivity index (χ1v) is 9.95. The number of aliphatic hydroxyl groups is 4. The summed E-state index contributed by atoms with van der Waals surface area (Å²) in [4.78, 5) is 24.5. The molecule has 3 rings (SSSR count). The zero-order valence-corrected chi connectivity index (χ0v) is 17.1. The van der Waals surface area contributed by atoms with Crippen LogP contribution in [0, 0.1) is 5.92 Å². The molecular weight excluding hydrogens is 428 g/mol. The number of hydrogen-bond donors (Lipinski definition) is 6. The lowest BCUT2D eigenvalue weighted by molar-refractivity contribution is -0.320. The Balaban J connectivity index is 1.76. The maximum atomic E-state index is 12.5. The van der Waals surface area contributed by atoms with Gasteiger partial charge in [0.1, 0.15) is 30.5 Å². The molecular formula is C21H26O11. The Bertz CT molecular complexity index is 919. The van der Waals surface area contributed by atoms with Gasteiger partial charge in [-0.1, -0.05) is 19.0 Å². The van der Waals surface area contributed by atoms with Crippen molar-refractivity contribution in [1.82, 2.24) is 0 Å². The lowest BCUT2D eigenvalue weighted by atomic mass is 9.93. The van der Waals surface area contributed by atoms with Gasteiger partial charge >= 0.3 is 5.97 Å². The highest BCUT2D eigenvalue weighted by Gasteiger charge is 2.50. The van der Waals surface area contributed by atoms with Gasteiger partial charge in [0.05, 0.1) is 7.98 Å². The molecule has 0 radical (unpaired) electrons. The number of aliphatic hydroxyl groups excluding tert-OH is 4. The molecule has 0 aliphatic carbocycles. The van der Waals surface area contributed by atoms with Crippen molar-refractivity contribution in [3.8, 4) is 11.5 Å². The lowest BCUT2D eigenvalue weighted by Gasteiger charge is -2.43. The Labute approximate surface area is 184 Å². The smallest absolute Gasteiger partial charge is 0.335 e. The number of phenols is 2. The van der Waals surface area contributed by atoms with Crippen LogP contribution in [0.4, 0.5) is 0 Å². The van der Waals surface area contributed by atoms with Crippen molar-refractivity contribution in [2.24, 2.45) is 5.92 Å². The van der Waals surface area contributed by atoms with Crippen LogP contribution in [-0.4, -0.2) is 91.9 Å². The Morgan fingerprint density at radius 1 is 1.22 bits per heavy atom. The van der Waals surface area contributed by atoms with Gasteiger partial charge < -0.3 is 44.8 Å². The molecule has 11 heteroatoms. The number of benzene rings is 1. The third-order valence-corrected chi connectivity index (χ3v) is 5.41. The molecule has 2 heterocycles. The van der Waals surface area contributed by atoms with Crippen LogP contribution in [0.15, 0.2) is 24.3 Å². The molecule has 11 nitrogen and oxygen atoms in total. The van der Waals surface area contributed by atoms with Gasteiger partial charge in [-0.25, -0.2) is 4.79 Å². The van der Waals surface area contributed by atoms with Crippen molar-refractivity contribution < 1.29 is 55.8 Å². The van der Waals surface area contributed by atoms with E-state index in [1.165, 1.54) is 6.07 Å². The topological polar surface area (TPSA) is 183 Å². The molecule has 0 bridgehead atoms. The summed E-state index contributed by atoms with van der Waals surface area (Å²) < 4.78 is 23.7. The standard InChI is InChI=1S/C21H26O11/c1-9-6-7-30-20(29)18(9)31-21-17(28)15(26)16(27)19(32-21)14(25)12(23)5-3-10-2-4-11(22)13(24)8-10/h2-5,8-9,14-19,21-22,24-28H,6-7H2,1H3/b5-3+/t9?,14?,15-,16-,17+,18?,19+,21?/m0/s1/i3D. The normalized spacial score (nSPS) is 35.0. The maximum absolute atomic E-state index is 12.5. The predicted octanol–water partition coefficient (Wildman–Crippen LogP) is -1.18. The van der Waals surface area contributed by atoms with Crippen molar-refractivity contribution in [2.75, 3.05) is 6.61 Å². The van der Waals surface area contributed by atoms with E-state index in [2.05, 4.69) is 0 Å². The first-order chi connectivity index (χ1) is 15.5. The van der Waals surface area contributed by atoms with Crippen LogP contribution in [-0.2, 0) is 23.8 Å². The zero-order valence-electron chi connectivity index (χ0n) is 18.1. The number of hydrogen-bond acceptors (Lipinski definition) is 11. The van der Waals surface area contributed by atoms with Gasteiger partial charge in [-0.05, 0) is 36.1 Å². The van der Waals surface area contributed by atoms with Crippen LogP contribution in [0.5, 0.6) is 11.5 Å². The van der Waals surface area contributed by atoms with E-state index >= 15 is 0 Å². The minimum absolute atomic E-state index is 0.0532. The van der Waals surface area contributed by atoms with E-state index in [1.54, 1.807) is 6.92 Å². The molecule has 4 unspecified atom stereocenters. The predicted molar refractivity (Wildman–Crippen MR) is 106 cm³/mol. The number of rotatable bonds is 6. The zero-order chi connectivity index (χ0) is 24.4. The molecule has 0 aromatic heterocycles. The number of ketones is 1. The second kappa shape index (κ2) is 9.94. The molecule has 2 aliphatic rings. The van der Waals surface area contributed by atoms with Gasteiger partial charge in [-0.15, -0.1) is 0 Å². The highest BCUT2D eigenvalue weighted by atomic mass is 16.7. The number of phenolic OH excluding ortho intramolecular Hbond substituents is 2. The van der Waals surface area contributed by atoms with Crippen molar-refractivity contribution >= 4 is 17.8 Å². The third kappa shape index (κ3) is 5.09. The van der Waals surface area contributed by atoms with E-state index in [1.807, 2.05) is 0 Å². The van der Waals surface area contributed by atoms with Crippen LogP contribution in [0.2, 0.25) is 0 Å². The van der Waals surface area contributed by atoms with Crippen LogP contribution in [0.1, 0.15) is 20.3 Å². The highest BCUT2D eigenvalue weighted by molar-refractivity contribution is 5.97. The first-order valence-electron chi connectivity index (χ1n) is 10.5. The fraction of sp³-hybridized carbons (Fsp3) is 0.524. The summed E-state index contributed by atoms with van der Waals surface area (Å²) in [6.45, 7) is 1.91. The van der Waals surface area contributed by atoms with Gasteiger partial charge in [-0.2, -0.15) is 0 Å². The molecule has 2 fully saturated rings. The molecule has 32 heavy (non-hydrogen) atoms. The second-order valence-electron chi connectivity index (χ2n) is 7.77. The molecule has 0 saturated carbocycles. The van der Waals surface area contributed by atoms with Crippen molar-refractivity contribution in [3.05, 3.63) is 29.8 Å². The molecule has 0 spiro atoms. The van der Waals surface area contributed by atoms with E-state index in [9.17, 15) is 40.2 Å². The van der Waals surface area contributed by atoms with E-state index < -0.39 is 72.2 Å². The Morgan fingerprint density at radius 3 is 2.59 bits per heavy atom. The minimum atomic E-state index is -2.07. The number of aromatic hydroxyl groups is 2. The number of carbonyl (C=O) groups excluding carboxylic acids is 2. The van der Waals surface area contributed by atoms with Crippen molar-refractivity contribution in [1.29, 1.82) is 0 Å². The summed E-state index contributed by atoms with van der Waals surface area (Å²) >= 11 is 0. The third-order valence-electron chi connectivity index (χ3n) is 5.41. The van der Waals surface area contributed by atoms with Crippen LogP contribution < -0.4 is 0 Å². The average molecular weight is 455 g/mol. The molecule has 1 aromatic carbocycles. The molecule has 8 atom stereocenters. The quantitative estimate of drug-likeness (QED) is 0.172. The molecule has 6 N–H and O–H groups in total. The largest absolute Gasteiger partial charge is 0.504 e. The van der Waals surface area contributed by atoms with Crippen LogP contribution in [0.25, 0.3) is 6.05 Å². The Morgan fingerprint density at radius 2 is 1.94 bits per heavy atom. The number of esters is 1.